The van der Waals surface area contributed by atoms with Gasteiger partial charge in [0.15, 0.2) is 0 Å². The van der Waals surface area contributed by atoms with Crippen LogP contribution in [0, 0.1) is 5.92 Å². The Bertz CT molecular complexity index is 393. The summed E-state index contributed by atoms with van der Waals surface area (Å²) < 4.78 is 5.68. The second kappa shape index (κ2) is 6.82. The van der Waals surface area contributed by atoms with E-state index >= 15 is 0 Å². The van der Waals surface area contributed by atoms with Crippen molar-refractivity contribution in [2.75, 3.05) is 6.61 Å². The third-order valence-corrected chi connectivity index (χ3v) is 2.85. The van der Waals surface area contributed by atoms with Crippen molar-refractivity contribution in [1.82, 2.24) is 0 Å². The number of halogens is 1. The molecule has 1 rings (SSSR count). The van der Waals surface area contributed by atoms with Gasteiger partial charge in [-0.2, -0.15) is 0 Å². The number of thiocarbonyl (C=S) groups is 1. The van der Waals surface area contributed by atoms with Crippen molar-refractivity contribution in [3.8, 4) is 5.75 Å². The third-order valence-electron chi connectivity index (χ3n) is 2.39. The SMILES string of the molecule is CC(C)CCCOc1ccc(Cl)cc1C(N)=S. The Morgan fingerprint density at radius 2 is 2.18 bits per heavy atom. The average molecular weight is 272 g/mol. The molecule has 0 aliphatic carbocycles. The first-order valence-corrected chi connectivity index (χ1v) is 6.51. The van der Waals surface area contributed by atoms with E-state index in [9.17, 15) is 0 Å². The van der Waals surface area contributed by atoms with Gasteiger partial charge >= 0.3 is 0 Å². The number of ether oxygens (including phenoxy) is 1. The first-order valence-electron chi connectivity index (χ1n) is 5.73. The van der Waals surface area contributed by atoms with Crippen LogP contribution in [0.3, 0.4) is 0 Å². The first kappa shape index (κ1) is 14.3. The maximum absolute atomic E-state index is 5.89. The molecule has 0 bridgehead atoms. The van der Waals surface area contributed by atoms with Gasteiger partial charge in [0.2, 0.25) is 0 Å². The quantitative estimate of drug-likeness (QED) is 0.632. The molecule has 0 aliphatic rings. The van der Waals surface area contributed by atoms with Gasteiger partial charge in [-0.3, -0.25) is 0 Å². The zero-order chi connectivity index (χ0) is 12.8. The summed E-state index contributed by atoms with van der Waals surface area (Å²) in [5.74, 6) is 1.41. The lowest BCUT2D eigenvalue weighted by molar-refractivity contribution is 0.297. The fraction of sp³-hybridized carbons (Fsp3) is 0.462. The lowest BCUT2D eigenvalue weighted by Crippen LogP contribution is -2.12. The molecule has 2 nitrogen and oxygen atoms in total. The molecular weight excluding hydrogens is 254 g/mol. The molecule has 0 heterocycles. The molecule has 0 aliphatic heterocycles. The minimum Gasteiger partial charge on any atom is -0.493 e. The predicted molar refractivity (Wildman–Crippen MR) is 76.9 cm³/mol. The van der Waals surface area contributed by atoms with Crippen molar-refractivity contribution in [3.63, 3.8) is 0 Å². The van der Waals surface area contributed by atoms with Gasteiger partial charge < -0.3 is 10.5 Å². The van der Waals surface area contributed by atoms with E-state index in [2.05, 4.69) is 13.8 Å². The second-order valence-electron chi connectivity index (χ2n) is 4.39. The highest BCUT2D eigenvalue weighted by atomic mass is 35.5. The fourth-order valence-electron chi connectivity index (χ4n) is 1.49. The van der Waals surface area contributed by atoms with E-state index in [0.717, 1.165) is 12.8 Å². The molecule has 0 aromatic heterocycles. The minimum absolute atomic E-state index is 0.311. The van der Waals surface area contributed by atoms with E-state index < -0.39 is 0 Å². The standard InChI is InChI=1S/C13H18ClNOS/c1-9(2)4-3-7-16-12-6-5-10(14)8-11(12)13(15)17/h5-6,8-9H,3-4,7H2,1-2H3,(H2,15,17). The smallest absolute Gasteiger partial charge is 0.129 e. The van der Waals surface area contributed by atoms with E-state index in [1.54, 1.807) is 12.1 Å². The molecule has 94 valence electrons. The van der Waals surface area contributed by atoms with Crippen LogP contribution in [0.5, 0.6) is 5.75 Å². The van der Waals surface area contributed by atoms with Gasteiger partial charge in [0.25, 0.3) is 0 Å². The highest BCUT2D eigenvalue weighted by molar-refractivity contribution is 7.80. The number of hydrogen-bond acceptors (Lipinski definition) is 2. The molecule has 4 heteroatoms. The van der Waals surface area contributed by atoms with Crippen molar-refractivity contribution in [2.24, 2.45) is 11.7 Å². The lowest BCUT2D eigenvalue weighted by atomic mass is 10.1. The van der Waals surface area contributed by atoms with E-state index in [4.69, 9.17) is 34.3 Å². The average Bonchev–Trinajstić information content (AvgIpc) is 2.25. The highest BCUT2D eigenvalue weighted by Gasteiger charge is 2.07. The molecule has 0 unspecified atom stereocenters. The summed E-state index contributed by atoms with van der Waals surface area (Å²) in [4.78, 5) is 0.311. The molecule has 0 saturated heterocycles. The van der Waals surface area contributed by atoms with Gasteiger partial charge in [0, 0.05) is 5.02 Å². The van der Waals surface area contributed by atoms with Gasteiger partial charge in [-0.05, 0) is 37.0 Å². The molecule has 0 spiro atoms. The molecule has 1 aromatic rings. The summed E-state index contributed by atoms with van der Waals surface area (Å²) in [5, 5.41) is 0.613. The molecule has 0 fully saturated rings. The van der Waals surface area contributed by atoms with Crippen LogP contribution >= 0.6 is 23.8 Å². The fourth-order valence-corrected chi connectivity index (χ4v) is 1.83. The Hall–Kier alpha value is -0.800. The van der Waals surface area contributed by atoms with Crippen LogP contribution in [0.15, 0.2) is 18.2 Å². The van der Waals surface area contributed by atoms with Crippen LogP contribution in [-0.2, 0) is 0 Å². The largest absolute Gasteiger partial charge is 0.493 e. The zero-order valence-electron chi connectivity index (χ0n) is 10.2. The van der Waals surface area contributed by atoms with Crippen LogP contribution in [0.2, 0.25) is 5.02 Å². The van der Waals surface area contributed by atoms with E-state index in [1.165, 1.54) is 0 Å². The van der Waals surface area contributed by atoms with Gasteiger partial charge in [0.05, 0.1) is 12.2 Å². The molecule has 0 atom stereocenters. The molecular formula is C13H18ClNOS. The highest BCUT2D eigenvalue weighted by Crippen LogP contribution is 2.23. The number of hydrogen-bond donors (Lipinski definition) is 1. The first-order chi connectivity index (χ1) is 8.00. The second-order valence-corrected chi connectivity index (χ2v) is 5.27. The van der Waals surface area contributed by atoms with Gasteiger partial charge in [-0.25, -0.2) is 0 Å². The monoisotopic (exact) mass is 271 g/mol. The Labute approximate surface area is 113 Å². The summed E-state index contributed by atoms with van der Waals surface area (Å²) in [6.07, 6.45) is 2.17. The predicted octanol–water partition coefficient (Wildman–Crippen LogP) is 3.79. The lowest BCUT2D eigenvalue weighted by Gasteiger charge is -2.11. The summed E-state index contributed by atoms with van der Waals surface area (Å²) in [6.45, 7) is 5.07. The number of benzene rings is 1. The molecule has 0 radical (unpaired) electrons. The van der Waals surface area contributed by atoms with Crippen LogP contribution in [0.25, 0.3) is 0 Å². The maximum atomic E-state index is 5.89. The number of rotatable bonds is 6. The Morgan fingerprint density at radius 1 is 1.47 bits per heavy atom. The molecule has 0 amide bonds. The van der Waals surface area contributed by atoms with Crippen LogP contribution in [0.1, 0.15) is 32.3 Å². The summed E-state index contributed by atoms with van der Waals surface area (Å²) >= 11 is 10.9. The maximum Gasteiger partial charge on any atom is 0.129 e. The van der Waals surface area contributed by atoms with E-state index in [0.29, 0.717) is 33.8 Å². The van der Waals surface area contributed by atoms with Gasteiger partial charge in [-0.1, -0.05) is 37.7 Å². The molecule has 2 N–H and O–H groups in total. The molecule has 17 heavy (non-hydrogen) atoms. The summed E-state index contributed by atoms with van der Waals surface area (Å²) in [5.41, 5.74) is 6.33. The van der Waals surface area contributed by atoms with Crippen LogP contribution < -0.4 is 10.5 Å². The van der Waals surface area contributed by atoms with Gasteiger partial charge in [0.1, 0.15) is 10.7 Å². The minimum atomic E-state index is 0.311. The van der Waals surface area contributed by atoms with Crippen molar-refractivity contribution in [2.45, 2.75) is 26.7 Å². The molecule has 0 saturated carbocycles. The van der Waals surface area contributed by atoms with Crippen LogP contribution in [-0.4, -0.2) is 11.6 Å². The summed E-state index contributed by atoms with van der Waals surface area (Å²) in [6, 6.07) is 5.33. The van der Waals surface area contributed by atoms with Crippen molar-refractivity contribution < 1.29 is 4.74 Å². The van der Waals surface area contributed by atoms with Crippen molar-refractivity contribution in [3.05, 3.63) is 28.8 Å². The van der Waals surface area contributed by atoms with Gasteiger partial charge in [-0.15, -0.1) is 0 Å². The van der Waals surface area contributed by atoms with E-state index in [-0.39, 0.29) is 0 Å². The Morgan fingerprint density at radius 3 is 2.76 bits per heavy atom. The normalized spacial score (nSPS) is 10.6. The summed E-state index contributed by atoms with van der Waals surface area (Å²) in [7, 11) is 0. The van der Waals surface area contributed by atoms with Crippen LogP contribution in [0.4, 0.5) is 0 Å². The van der Waals surface area contributed by atoms with Crippen molar-refractivity contribution >= 4 is 28.8 Å². The van der Waals surface area contributed by atoms with E-state index in [1.807, 2.05) is 6.07 Å². The number of nitrogens with two attached hydrogens (primary N) is 1. The van der Waals surface area contributed by atoms with Crippen molar-refractivity contribution in [1.29, 1.82) is 0 Å². The Balaban J connectivity index is 2.61. The zero-order valence-corrected chi connectivity index (χ0v) is 11.8. The molecule has 1 aromatic carbocycles. The Kier molecular flexibility index (Phi) is 5.72. The third kappa shape index (κ3) is 4.92. The topological polar surface area (TPSA) is 35.2 Å².